The first kappa shape index (κ1) is 17.1. The zero-order chi connectivity index (χ0) is 15.1. The van der Waals surface area contributed by atoms with Crippen molar-refractivity contribution in [3.05, 3.63) is 34.9 Å². The van der Waals surface area contributed by atoms with Gasteiger partial charge in [0, 0.05) is 18.7 Å². The van der Waals surface area contributed by atoms with Crippen molar-refractivity contribution in [2.75, 3.05) is 13.7 Å². The lowest BCUT2D eigenvalue weighted by Gasteiger charge is -2.21. The molecule has 2 unspecified atom stereocenters. The van der Waals surface area contributed by atoms with Crippen LogP contribution >= 0.6 is 0 Å². The highest BCUT2D eigenvalue weighted by molar-refractivity contribution is 5.28. The monoisotopic (exact) mass is 285 g/mol. The van der Waals surface area contributed by atoms with Gasteiger partial charge in [-0.05, 0) is 45.2 Å². The second-order valence-corrected chi connectivity index (χ2v) is 5.23. The van der Waals surface area contributed by atoms with Crippen LogP contribution in [-0.4, -0.2) is 19.8 Å². The Hall–Kier alpha value is -1.00. The van der Waals surface area contributed by atoms with E-state index < -0.39 is 11.6 Å². The summed E-state index contributed by atoms with van der Waals surface area (Å²) in [5.41, 5.74) is 0.746. The van der Waals surface area contributed by atoms with Gasteiger partial charge in [-0.25, -0.2) is 8.78 Å². The highest BCUT2D eigenvalue weighted by Gasteiger charge is 2.19. The molecule has 0 heterocycles. The highest BCUT2D eigenvalue weighted by Crippen LogP contribution is 2.25. The lowest BCUT2D eigenvalue weighted by atomic mass is 9.98. The summed E-state index contributed by atoms with van der Waals surface area (Å²) < 4.78 is 33.0. The van der Waals surface area contributed by atoms with E-state index >= 15 is 0 Å². The third-order valence-corrected chi connectivity index (χ3v) is 3.59. The Kier molecular flexibility index (Phi) is 7.10. The first-order valence-electron chi connectivity index (χ1n) is 7.21. The van der Waals surface area contributed by atoms with Gasteiger partial charge in [-0.3, -0.25) is 0 Å². The van der Waals surface area contributed by atoms with E-state index in [1.54, 1.807) is 26.2 Å². The van der Waals surface area contributed by atoms with E-state index in [2.05, 4.69) is 5.32 Å². The molecule has 114 valence electrons. The molecular formula is C16H25F2NO. The molecule has 0 radical (unpaired) electrons. The van der Waals surface area contributed by atoms with E-state index in [1.165, 1.54) is 0 Å². The van der Waals surface area contributed by atoms with Crippen molar-refractivity contribution in [1.82, 2.24) is 5.32 Å². The Labute approximate surface area is 120 Å². The molecule has 0 aliphatic rings. The summed E-state index contributed by atoms with van der Waals surface area (Å²) in [5, 5.41) is 3.29. The van der Waals surface area contributed by atoms with Crippen LogP contribution in [0.15, 0.2) is 12.1 Å². The van der Waals surface area contributed by atoms with E-state index in [-0.39, 0.29) is 12.1 Å². The number of ether oxygens (including phenoxy) is 1. The summed E-state index contributed by atoms with van der Waals surface area (Å²) >= 11 is 0. The van der Waals surface area contributed by atoms with E-state index in [0.29, 0.717) is 17.5 Å². The minimum Gasteiger partial charge on any atom is -0.382 e. The Bertz CT molecular complexity index is 423. The Balaban J connectivity index is 2.89. The first-order valence-corrected chi connectivity index (χ1v) is 7.21. The molecule has 1 aromatic rings. The van der Waals surface area contributed by atoms with Crippen LogP contribution in [0.3, 0.4) is 0 Å². The summed E-state index contributed by atoms with van der Waals surface area (Å²) in [5.74, 6) is -1.48. The van der Waals surface area contributed by atoms with Gasteiger partial charge in [-0.2, -0.15) is 0 Å². The van der Waals surface area contributed by atoms with Gasteiger partial charge in [0.15, 0.2) is 11.6 Å². The largest absolute Gasteiger partial charge is 0.382 e. The molecule has 0 bridgehead atoms. The van der Waals surface area contributed by atoms with Gasteiger partial charge >= 0.3 is 0 Å². The number of nitrogens with one attached hydrogen (secondary N) is 1. The number of hydrogen-bond acceptors (Lipinski definition) is 2. The van der Waals surface area contributed by atoms with Crippen LogP contribution in [0.25, 0.3) is 0 Å². The van der Waals surface area contributed by atoms with Crippen molar-refractivity contribution in [3.8, 4) is 0 Å². The standard InChI is InChI=1S/C16H25F2NO/c1-5-10-19-14(9-7-12(3)20-4)13-8-6-11(2)15(17)16(13)18/h6,8,12,14,19H,5,7,9-10H2,1-4H3. The Morgan fingerprint density at radius 2 is 1.90 bits per heavy atom. The quantitative estimate of drug-likeness (QED) is 0.775. The number of aryl methyl sites for hydroxylation is 1. The van der Waals surface area contributed by atoms with Crippen LogP contribution in [0, 0.1) is 18.6 Å². The topological polar surface area (TPSA) is 21.3 Å². The van der Waals surface area contributed by atoms with Crippen molar-refractivity contribution in [1.29, 1.82) is 0 Å². The van der Waals surface area contributed by atoms with Crippen LogP contribution < -0.4 is 5.32 Å². The molecule has 0 spiro atoms. The third kappa shape index (κ3) is 4.53. The average molecular weight is 285 g/mol. The molecule has 1 aromatic carbocycles. The fourth-order valence-electron chi connectivity index (χ4n) is 2.14. The zero-order valence-electron chi connectivity index (χ0n) is 12.8. The second-order valence-electron chi connectivity index (χ2n) is 5.23. The Morgan fingerprint density at radius 1 is 1.20 bits per heavy atom. The molecule has 0 saturated carbocycles. The average Bonchev–Trinajstić information content (AvgIpc) is 2.45. The number of rotatable bonds is 8. The summed E-state index contributed by atoms with van der Waals surface area (Å²) in [6, 6.07) is 3.13. The number of benzene rings is 1. The van der Waals surface area contributed by atoms with Crippen LogP contribution in [0.2, 0.25) is 0 Å². The van der Waals surface area contributed by atoms with Crippen molar-refractivity contribution < 1.29 is 13.5 Å². The molecule has 2 nitrogen and oxygen atoms in total. The van der Waals surface area contributed by atoms with E-state index in [0.717, 1.165) is 19.4 Å². The van der Waals surface area contributed by atoms with Crippen LogP contribution in [0.1, 0.15) is 50.3 Å². The van der Waals surface area contributed by atoms with Crippen LogP contribution in [0.4, 0.5) is 8.78 Å². The smallest absolute Gasteiger partial charge is 0.163 e. The number of hydrogen-bond donors (Lipinski definition) is 1. The zero-order valence-corrected chi connectivity index (χ0v) is 12.8. The molecule has 0 saturated heterocycles. The Morgan fingerprint density at radius 3 is 2.50 bits per heavy atom. The molecule has 1 N–H and O–H groups in total. The summed E-state index contributed by atoms with van der Waals surface area (Å²) in [7, 11) is 1.66. The van der Waals surface area contributed by atoms with Crippen LogP contribution in [0.5, 0.6) is 0 Å². The van der Waals surface area contributed by atoms with Gasteiger partial charge in [-0.15, -0.1) is 0 Å². The van der Waals surface area contributed by atoms with E-state index in [9.17, 15) is 8.78 Å². The lowest BCUT2D eigenvalue weighted by molar-refractivity contribution is 0.106. The van der Waals surface area contributed by atoms with Gasteiger partial charge in [-0.1, -0.05) is 19.1 Å². The summed E-state index contributed by atoms with van der Waals surface area (Å²) in [6.45, 7) is 6.38. The summed E-state index contributed by atoms with van der Waals surface area (Å²) in [6.07, 6.45) is 2.58. The second kappa shape index (κ2) is 8.32. The van der Waals surface area contributed by atoms with Gasteiger partial charge < -0.3 is 10.1 Å². The maximum atomic E-state index is 14.1. The number of halogens is 2. The molecule has 0 amide bonds. The molecule has 0 aliphatic carbocycles. The van der Waals surface area contributed by atoms with Crippen molar-refractivity contribution >= 4 is 0 Å². The maximum Gasteiger partial charge on any atom is 0.163 e. The number of methoxy groups -OCH3 is 1. The molecule has 0 aromatic heterocycles. The van der Waals surface area contributed by atoms with E-state index in [1.807, 2.05) is 13.8 Å². The van der Waals surface area contributed by atoms with Crippen molar-refractivity contribution in [3.63, 3.8) is 0 Å². The molecule has 2 atom stereocenters. The fraction of sp³-hybridized carbons (Fsp3) is 0.625. The minimum absolute atomic E-state index is 0.110. The SMILES string of the molecule is CCCNC(CCC(C)OC)c1ccc(C)c(F)c1F. The van der Waals surface area contributed by atoms with Gasteiger partial charge in [0.2, 0.25) is 0 Å². The van der Waals surface area contributed by atoms with Gasteiger partial charge in [0.25, 0.3) is 0 Å². The predicted molar refractivity (Wildman–Crippen MR) is 77.8 cm³/mol. The third-order valence-electron chi connectivity index (χ3n) is 3.59. The molecule has 20 heavy (non-hydrogen) atoms. The minimum atomic E-state index is -0.745. The first-order chi connectivity index (χ1) is 9.51. The van der Waals surface area contributed by atoms with Gasteiger partial charge in [0.05, 0.1) is 6.10 Å². The van der Waals surface area contributed by atoms with Crippen molar-refractivity contribution in [2.24, 2.45) is 0 Å². The predicted octanol–water partition coefficient (Wildman–Crippen LogP) is 4.13. The lowest BCUT2D eigenvalue weighted by Crippen LogP contribution is -2.25. The van der Waals surface area contributed by atoms with Crippen LogP contribution in [-0.2, 0) is 4.74 Å². The summed E-state index contributed by atoms with van der Waals surface area (Å²) in [4.78, 5) is 0. The molecule has 0 fully saturated rings. The normalized spacial score (nSPS) is 14.3. The fourth-order valence-corrected chi connectivity index (χ4v) is 2.14. The molecular weight excluding hydrogens is 260 g/mol. The molecule has 4 heteroatoms. The van der Waals surface area contributed by atoms with Crippen molar-refractivity contribution in [2.45, 2.75) is 52.2 Å². The maximum absolute atomic E-state index is 14.1. The van der Waals surface area contributed by atoms with E-state index in [4.69, 9.17) is 4.74 Å². The highest BCUT2D eigenvalue weighted by atomic mass is 19.2. The molecule has 0 aliphatic heterocycles. The van der Waals surface area contributed by atoms with Gasteiger partial charge in [0.1, 0.15) is 0 Å². The molecule has 1 rings (SSSR count).